The van der Waals surface area contributed by atoms with Crippen LogP contribution in [0.15, 0.2) is 24.3 Å². The van der Waals surface area contributed by atoms with Gasteiger partial charge in [0.2, 0.25) is 0 Å². The zero-order valence-electron chi connectivity index (χ0n) is 10.2. The van der Waals surface area contributed by atoms with Gasteiger partial charge < -0.3 is 5.11 Å². The molecule has 1 aromatic rings. The Bertz CT molecular complexity index is 344. The van der Waals surface area contributed by atoms with Crippen LogP contribution in [-0.2, 0) is 11.2 Å². The first-order chi connectivity index (χ1) is 7.54. The number of rotatable bonds is 5. The minimum absolute atomic E-state index is 0. The molecule has 90 valence electrons. The number of aliphatic carboxylic acids is 1. The first kappa shape index (κ1) is 16.7. The quantitative estimate of drug-likeness (QED) is 0.809. The molecule has 0 aliphatic rings. The summed E-state index contributed by atoms with van der Waals surface area (Å²) in [4.78, 5) is 11.0. The third-order valence-electron chi connectivity index (χ3n) is 2.73. The average molecular weight is 244 g/mol. The van der Waals surface area contributed by atoms with Crippen LogP contribution in [0, 0.1) is 5.92 Å². The van der Waals surface area contributed by atoms with Crippen molar-refractivity contribution in [3.8, 4) is 0 Å². The molecular formula is C14H21NaO2. The third-order valence-corrected chi connectivity index (χ3v) is 2.73. The van der Waals surface area contributed by atoms with Crippen LogP contribution in [0.5, 0.6) is 0 Å². The zero-order chi connectivity index (χ0) is 12.1. The van der Waals surface area contributed by atoms with E-state index in [0.717, 1.165) is 12.0 Å². The summed E-state index contributed by atoms with van der Waals surface area (Å²) in [6, 6.07) is 7.97. The number of carbonyl (C=O) groups is 1. The van der Waals surface area contributed by atoms with Crippen LogP contribution in [-0.4, -0.2) is 40.6 Å². The van der Waals surface area contributed by atoms with E-state index in [1.807, 2.05) is 31.2 Å². The Hall–Kier alpha value is -0.310. The number of carboxylic acid groups (broad SMARTS) is 1. The summed E-state index contributed by atoms with van der Waals surface area (Å²) in [6.45, 7) is 6.26. The van der Waals surface area contributed by atoms with Crippen molar-refractivity contribution in [2.24, 2.45) is 5.92 Å². The molecule has 2 nitrogen and oxygen atoms in total. The molecule has 1 aromatic carbocycles. The van der Waals surface area contributed by atoms with E-state index in [2.05, 4.69) is 13.8 Å². The van der Waals surface area contributed by atoms with Crippen molar-refractivity contribution in [3.05, 3.63) is 35.4 Å². The standard InChI is InChI=1S/C14H20O2.Na.H/c1-4-13(14(15)16)12-7-5-11(6-8-12)9-10(2)3;;/h5-8,10,13H,4,9H2,1-3H3,(H,15,16);;. The molecule has 1 rings (SSSR count). The van der Waals surface area contributed by atoms with E-state index in [-0.39, 0.29) is 35.5 Å². The van der Waals surface area contributed by atoms with E-state index in [4.69, 9.17) is 5.11 Å². The number of benzene rings is 1. The van der Waals surface area contributed by atoms with Gasteiger partial charge in [-0.3, -0.25) is 4.79 Å². The Morgan fingerprint density at radius 3 is 2.12 bits per heavy atom. The van der Waals surface area contributed by atoms with E-state index in [0.29, 0.717) is 12.3 Å². The maximum atomic E-state index is 11.0. The molecule has 0 fully saturated rings. The van der Waals surface area contributed by atoms with Gasteiger partial charge >= 0.3 is 35.5 Å². The van der Waals surface area contributed by atoms with Crippen LogP contribution in [0.3, 0.4) is 0 Å². The average Bonchev–Trinajstić information content (AvgIpc) is 2.20. The van der Waals surface area contributed by atoms with Crippen LogP contribution in [0.2, 0.25) is 0 Å². The van der Waals surface area contributed by atoms with E-state index in [1.165, 1.54) is 5.56 Å². The van der Waals surface area contributed by atoms with Gasteiger partial charge in [0.05, 0.1) is 5.92 Å². The molecule has 0 heterocycles. The van der Waals surface area contributed by atoms with Crippen LogP contribution < -0.4 is 0 Å². The molecule has 0 radical (unpaired) electrons. The van der Waals surface area contributed by atoms with E-state index in [1.54, 1.807) is 0 Å². The molecule has 0 spiro atoms. The monoisotopic (exact) mass is 244 g/mol. The summed E-state index contributed by atoms with van der Waals surface area (Å²) in [5, 5.41) is 9.04. The summed E-state index contributed by atoms with van der Waals surface area (Å²) in [6.07, 6.45) is 1.68. The van der Waals surface area contributed by atoms with Gasteiger partial charge in [0.25, 0.3) is 0 Å². The number of carboxylic acids is 1. The maximum absolute atomic E-state index is 11.0. The molecule has 0 saturated carbocycles. The van der Waals surface area contributed by atoms with Crippen molar-refractivity contribution in [1.29, 1.82) is 0 Å². The van der Waals surface area contributed by atoms with Crippen molar-refractivity contribution in [2.75, 3.05) is 0 Å². The molecule has 0 aliphatic heterocycles. The van der Waals surface area contributed by atoms with Gasteiger partial charge in [-0.1, -0.05) is 45.0 Å². The second-order valence-electron chi connectivity index (χ2n) is 4.64. The number of hydrogen-bond acceptors (Lipinski definition) is 1. The molecule has 1 atom stereocenters. The van der Waals surface area contributed by atoms with Crippen LogP contribution >= 0.6 is 0 Å². The molecule has 0 aliphatic carbocycles. The fourth-order valence-electron chi connectivity index (χ4n) is 1.91. The fraction of sp³-hybridized carbons (Fsp3) is 0.500. The van der Waals surface area contributed by atoms with Gasteiger partial charge in [-0.2, -0.15) is 0 Å². The van der Waals surface area contributed by atoms with Gasteiger partial charge in [0.1, 0.15) is 0 Å². The summed E-state index contributed by atoms with van der Waals surface area (Å²) in [5.41, 5.74) is 2.18. The summed E-state index contributed by atoms with van der Waals surface area (Å²) < 4.78 is 0. The van der Waals surface area contributed by atoms with Gasteiger partial charge in [0.15, 0.2) is 0 Å². The Kier molecular flexibility index (Phi) is 7.77. The predicted octanol–water partition coefficient (Wildman–Crippen LogP) is 2.81. The van der Waals surface area contributed by atoms with Crippen LogP contribution in [0.4, 0.5) is 0 Å². The second kappa shape index (κ2) is 7.91. The minimum atomic E-state index is -0.737. The van der Waals surface area contributed by atoms with Crippen molar-refractivity contribution in [1.82, 2.24) is 0 Å². The van der Waals surface area contributed by atoms with Gasteiger partial charge in [-0.05, 0) is 29.9 Å². The molecule has 0 saturated heterocycles. The normalized spacial score (nSPS) is 12.0. The van der Waals surface area contributed by atoms with E-state index in [9.17, 15) is 4.79 Å². The van der Waals surface area contributed by atoms with Crippen molar-refractivity contribution < 1.29 is 9.90 Å². The Labute approximate surface area is 126 Å². The van der Waals surface area contributed by atoms with Gasteiger partial charge in [-0.25, -0.2) is 0 Å². The molecule has 3 heteroatoms. The topological polar surface area (TPSA) is 37.3 Å². The van der Waals surface area contributed by atoms with Crippen LogP contribution in [0.1, 0.15) is 44.2 Å². The Balaban J connectivity index is 0.00000256. The molecule has 0 amide bonds. The zero-order valence-corrected chi connectivity index (χ0v) is 10.2. The Morgan fingerprint density at radius 2 is 1.76 bits per heavy atom. The first-order valence-corrected chi connectivity index (χ1v) is 5.86. The second-order valence-corrected chi connectivity index (χ2v) is 4.64. The van der Waals surface area contributed by atoms with Crippen LogP contribution in [0.25, 0.3) is 0 Å². The molecule has 1 N–H and O–H groups in total. The first-order valence-electron chi connectivity index (χ1n) is 5.86. The SMILES string of the molecule is CCC(C(=O)O)c1ccc(CC(C)C)cc1.[NaH]. The summed E-state index contributed by atoms with van der Waals surface area (Å²) >= 11 is 0. The predicted molar refractivity (Wildman–Crippen MR) is 72.8 cm³/mol. The molecular weight excluding hydrogens is 223 g/mol. The molecule has 0 aromatic heterocycles. The third kappa shape index (κ3) is 5.24. The van der Waals surface area contributed by atoms with E-state index < -0.39 is 5.97 Å². The van der Waals surface area contributed by atoms with Crippen molar-refractivity contribution >= 4 is 35.5 Å². The van der Waals surface area contributed by atoms with Crippen molar-refractivity contribution in [3.63, 3.8) is 0 Å². The van der Waals surface area contributed by atoms with Crippen molar-refractivity contribution in [2.45, 2.75) is 39.5 Å². The molecule has 0 bridgehead atoms. The summed E-state index contributed by atoms with van der Waals surface area (Å²) in [7, 11) is 0. The van der Waals surface area contributed by atoms with Gasteiger partial charge in [0, 0.05) is 0 Å². The Morgan fingerprint density at radius 1 is 1.24 bits per heavy atom. The fourth-order valence-corrected chi connectivity index (χ4v) is 1.91. The van der Waals surface area contributed by atoms with E-state index >= 15 is 0 Å². The molecule has 17 heavy (non-hydrogen) atoms. The number of hydrogen-bond donors (Lipinski definition) is 1. The molecule has 1 unspecified atom stereocenters. The summed E-state index contributed by atoms with van der Waals surface area (Å²) in [5.74, 6) is -0.473. The van der Waals surface area contributed by atoms with Gasteiger partial charge in [-0.15, -0.1) is 0 Å².